The Morgan fingerprint density at radius 3 is 2.87 bits per heavy atom. The smallest absolute Gasteiger partial charge is 0.320 e. The number of thiophene rings is 1. The van der Waals surface area contributed by atoms with Gasteiger partial charge in [0.2, 0.25) is 0 Å². The SMILES string of the molecule is CCc1ccc(C(c2cccc(C)c2)N2CCCC2C(=O)O)s1. The maximum Gasteiger partial charge on any atom is 0.320 e. The third-order valence-corrected chi connectivity index (χ3v) is 5.85. The van der Waals surface area contributed by atoms with Crippen LogP contribution in [0.2, 0.25) is 0 Å². The van der Waals surface area contributed by atoms with Crippen molar-refractivity contribution in [3.63, 3.8) is 0 Å². The molecule has 1 aromatic carbocycles. The summed E-state index contributed by atoms with van der Waals surface area (Å²) in [4.78, 5) is 16.4. The molecule has 0 bridgehead atoms. The van der Waals surface area contributed by atoms with Crippen molar-refractivity contribution in [2.45, 2.75) is 45.2 Å². The predicted octanol–water partition coefficient (Wildman–Crippen LogP) is 4.26. The molecule has 2 heterocycles. The molecule has 3 nitrogen and oxygen atoms in total. The van der Waals surface area contributed by atoms with Gasteiger partial charge in [-0.15, -0.1) is 11.3 Å². The van der Waals surface area contributed by atoms with Gasteiger partial charge in [-0.2, -0.15) is 0 Å². The highest BCUT2D eigenvalue weighted by Gasteiger charge is 2.37. The van der Waals surface area contributed by atoms with E-state index in [1.165, 1.54) is 20.9 Å². The number of nitrogens with zero attached hydrogens (tertiary/aromatic N) is 1. The molecule has 4 heteroatoms. The lowest BCUT2D eigenvalue weighted by Crippen LogP contribution is -2.39. The molecule has 0 radical (unpaired) electrons. The van der Waals surface area contributed by atoms with Crippen molar-refractivity contribution in [3.8, 4) is 0 Å². The lowest BCUT2D eigenvalue weighted by Gasteiger charge is -2.31. The van der Waals surface area contributed by atoms with Crippen LogP contribution in [0.4, 0.5) is 0 Å². The summed E-state index contributed by atoms with van der Waals surface area (Å²) in [6, 6.07) is 12.5. The van der Waals surface area contributed by atoms with Gasteiger partial charge in [0.1, 0.15) is 6.04 Å². The van der Waals surface area contributed by atoms with Crippen molar-refractivity contribution in [1.82, 2.24) is 4.90 Å². The Labute approximate surface area is 141 Å². The predicted molar refractivity (Wildman–Crippen MR) is 94.1 cm³/mol. The van der Waals surface area contributed by atoms with Crippen LogP contribution in [-0.4, -0.2) is 28.6 Å². The summed E-state index contributed by atoms with van der Waals surface area (Å²) >= 11 is 1.81. The number of likely N-dealkylation sites (tertiary alicyclic amines) is 1. The fourth-order valence-corrected chi connectivity index (χ4v) is 4.56. The van der Waals surface area contributed by atoms with E-state index in [2.05, 4.69) is 55.1 Å². The number of hydrogen-bond donors (Lipinski definition) is 1. The maximum absolute atomic E-state index is 11.7. The van der Waals surface area contributed by atoms with Gasteiger partial charge < -0.3 is 5.11 Å². The molecule has 1 N–H and O–H groups in total. The molecule has 1 saturated heterocycles. The van der Waals surface area contributed by atoms with E-state index in [1.807, 2.05) is 11.3 Å². The van der Waals surface area contributed by atoms with Gasteiger partial charge in [-0.05, 0) is 43.9 Å². The quantitative estimate of drug-likeness (QED) is 0.891. The summed E-state index contributed by atoms with van der Waals surface area (Å²) in [5.41, 5.74) is 2.41. The number of benzene rings is 1. The van der Waals surface area contributed by atoms with Crippen LogP contribution >= 0.6 is 11.3 Å². The maximum atomic E-state index is 11.7. The minimum atomic E-state index is -0.701. The van der Waals surface area contributed by atoms with E-state index in [-0.39, 0.29) is 12.1 Å². The first-order chi connectivity index (χ1) is 11.1. The number of aliphatic carboxylic acids is 1. The Morgan fingerprint density at radius 1 is 1.39 bits per heavy atom. The monoisotopic (exact) mass is 329 g/mol. The minimum Gasteiger partial charge on any atom is -0.480 e. The van der Waals surface area contributed by atoms with Gasteiger partial charge in [0.05, 0.1) is 6.04 Å². The van der Waals surface area contributed by atoms with Crippen LogP contribution in [0.5, 0.6) is 0 Å². The van der Waals surface area contributed by atoms with Gasteiger partial charge in [0.25, 0.3) is 0 Å². The summed E-state index contributed by atoms with van der Waals surface area (Å²) < 4.78 is 0. The first-order valence-corrected chi connectivity index (χ1v) is 9.05. The molecule has 1 aliphatic rings. The van der Waals surface area contributed by atoms with E-state index in [9.17, 15) is 9.90 Å². The second-order valence-electron chi connectivity index (χ2n) is 6.21. The van der Waals surface area contributed by atoms with E-state index < -0.39 is 5.97 Å². The van der Waals surface area contributed by atoms with Crippen molar-refractivity contribution in [2.75, 3.05) is 6.54 Å². The van der Waals surface area contributed by atoms with Crippen molar-refractivity contribution < 1.29 is 9.90 Å². The normalized spacial score (nSPS) is 19.8. The molecule has 0 amide bonds. The van der Waals surface area contributed by atoms with Crippen LogP contribution in [-0.2, 0) is 11.2 Å². The lowest BCUT2D eigenvalue weighted by molar-refractivity contribution is -0.142. The summed E-state index contributed by atoms with van der Waals surface area (Å²) in [6.45, 7) is 5.09. The van der Waals surface area contributed by atoms with Gasteiger partial charge in [0.15, 0.2) is 0 Å². The van der Waals surface area contributed by atoms with Gasteiger partial charge in [-0.25, -0.2) is 0 Å². The molecule has 122 valence electrons. The molecule has 23 heavy (non-hydrogen) atoms. The highest BCUT2D eigenvalue weighted by molar-refractivity contribution is 7.12. The zero-order valence-corrected chi connectivity index (χ0v) is 14.5. The standard InChI is InChI=1S/C19H23NO2S/c1-3-15-9-10-17(23-15)18(14-7-4-6-13(2)12-14)20-11-5-8-16(20)19(21)22/h4,6-7,9-10,12,16,18H,3,5,8,11H2,1-2H3,(H,21,22). The number of hydrogen-bond acceptors (Lipinski definition) is 3. The molecule has 1 fully saturated rings. The molecular weight excluding hydrogens is 306 g/mol. The highest BCUT2D eigenvalue weighted by Crippen LogP contribution is 2.38. The van der Waals surface area contributed by atoms with Crippen molar-refractivity contribution >= 4 is 17.3 Å². The van der Waals surface area contributed by atoms with Crippen LogP contribution in [0.3, 0.4) is 0 Å². The second-order valence-corrected chi connectivity index (χ2v) is 7.41. The molecule has 0 saturated carbocycles. The molecule has 0 spiro atoms. The molecule has 1 aliphatic heterocycles. The van der Waals surface area contributed by atoms with E-state index in [4.69, 9.17) is 0 Å². The number of carbonyl (C=O) groups is 1. The molecular formula is C19H23NO2S. The zero-order valence-electron chi connectivity index (χ0n) is 13.7. The Kier molecular flexibility index (Phi) is 4.83. The third-order valence-electron chi connectivity index (χ3n) is 4.57. The Bertz CT molecular complexity index is 694. The largest absolute Gasteiger partial charge is 0.480 e. The van der Waals surface area contributed by atoms with Gasteiger partial charge in [0, 0.05) is 16.3 Å². The van der Waals surface area contributed by atoms with Crippen LogP contribution in [0.1, 0.15) is 46.7 Å². The molecule has 2 aromatic rings. The van der Waals surface area contributed by atoms with Crippen molar-refractivity contribution in [2.24, 2.45) is 0 Å². The summed E-state index contributed by atoms with van der Waals surface area (Å²) in [6.07, 6.45) is 2.71. The second kappa shape index (κ2) is 6.85. The van der Waals surface area contributed by atoms with Crippen molar-refractivity contribution in [1.29, 1.82) is 0 Å². The average Bonchev–Trinajstić information content (AvgIpc) is 3.17. The van der Waals surface area contributed by atoms with Crippen LogP contribution in [0.15, 0.2) is 36.4 Å². The van der Waals surface area contributed by atoms with Gasteiger partial charge in [-0.3, -0.25) is 9.69 Å². The summed E-state index contributed by atoms with van der Waals surface area (Å²) in [5.74, 6) is -0.701. The van der Waals surface area contributed by atoms with Crippen LogP contribution in [0.25, 0.3) is 0 Å². The van der Waals surface area contributed by atoms with E-state index in [0.717, 1.165) is 25.8 Å². The molecule has 2 unspecified atom stereocenters. The highest BCUT2D eigenvalue weighted by atomic mass is 32.1. The number of carboxylic acids is 1. The number of carboxylic acid groups (broad SMARTS) is 1. The topological polar surface area (TPSA) is 40.5 Å². The molecule has 3 rings (SSSR count). The van der Waals surface area contributed by atoms with E-state index >= 15 is 0 Å². The van der Waals surface area contributed by atoms with Crippen LogP contribution < -0.4 is 0 Å². The first kappa shape index (κ1) is 16.2. The molecule has 1 aromatic heterocycles. The lowest BCUT2D eigenvalue weighted by atomic mass is 10.0. The molecule has 2 atom stereocenters. The van der Waals surface area contributed by atoms with E-state index in [1.54, 1.807) is 0 Å². The van der Waals surface area contributed by atoms with Crippen molar-refractivity contribution in [3.05, 3.63) is 57.3 Å². The minimum absolute atomic E-state index is 0.0452. The average molecular weight is 329 g/mol. The fourth-order valence-electron chi connectivity index (χ4n) is 3.45. The summed E-state index contributed by atoms with van der Waals surface area (Å²) in [7, 11) is 0. The molecule has 0 aliphatic carbocycles. The zero-order chi connectivity index (χ0) is 16.4. The van der Waals surface area contributed by atoms with E-state index in [0.29, 0.717) is 0 Å². The third kappa shape index (κ3) is 3.33. The van der Waals surface area contributed by atoms with Crippen LogP contribution in [0, 0.1) is 6.92 Å². The number of rotatable bonds is 5. The Hall–Kier alpha value is -1.65. The van der Waals surface area contributed by atoms with Gasteiger partial charge >= 0.3 is 5.97 Å². The Morgan fingerprint density at radius 2 is 2.22 bits per heavy atom. The fraction of sp³-hybridized carbons (Fsp3) is 0.421. The van der Waals surface area contributed by atoms with Gasteiger partial charge in [-0.1, -0.05) is 36.8 Å². The Balaban J connectivity index is 2.04. The number of aryl methyl sites for hydroxylation is 2. The first-order valence-electron chi connectivity index (χ1n) is 8.24. The summed E-state index contributed by atoms with van der Waals surface area (Å²) in [5, 5.41) is 9.59.